The fourth-order valence-corrected chi connectivity index (χ4v) is 5.37. The summed E-state index contributed by atoms with van der Waals surface area (Å²) in [6.45, 7) is 0.0415. The molecule has 1 aromatic heterocycles. The predicted octanol–water partition coefficient (Wildman–Crippen LogP) is 7.20. The molecule has 3 atom stereocenters. The molecule has 0 bridgehead atoms. The third-order valence-electron chi connectivity index (χ3n) is 7.66. The minimum atomic E-state index is -4.85. The maximum atomic E-state index is 14.9. The lowest BCUT2D eigenvalue weighted by atomic mass is 9.75. The van der Waals surface area contributed by atoms with Gasteiger partial charge in [-0.25, -0.2) is 9.18 Å². The van der Waals surface area contributed by atoms with Gasteiger partial charge in [0.15, 0.2) is 0 Å². The molecule has 228 valence electrons. The van der Waals surface area contributed by atoms with Gasteiger partial charge in [0.05, 0.1) is 22.2 Å². The number of alkyl halides is 3. The Morgan fingerprint density at radius 1 is 0.886 bits per heavy atom. The number of pyridine rings is 1. The zero-order valence-electron chi connectivity index (χ0n) is 23.3. The van der Waals surface area contributed by atoms with E-state index in [0.717, 1.165) is 17.7 Å². The highest BCUT2D eigenvalue weighted by Crippen LogP contribution is 2.39. The summed E-state index contributed by atoms with van der Waals surface area (Å²) in [5.41, 5.74) is -1.50. The largest absolute Gasteiger partial charge is 0.445 e. The van der Waals surface area contributed by atoms with Gasteiger partial charge < -0.3 is 15.4 Å². The Bertz CT molecular complexity index is 1600. The van der Waals surface area contributed by atoms with Crippen molar-refractivity contribution in [2.45, 2.75) is 43.6 Å². The van der Waals surface area contributed by atoms with Crippen LogP contribution in [0, 0.1) is 11.7 Å². The van der Waals surface area contributed by atoms with E-state index in [-0.39, 0.29) is 29.3 Å². The number of nitrogens with one attached hydrogen (secondary N) is 2. The van der Waals surface area contributed by atoms with Gasteiger partial charge in [0.2, 0.25) is 5.91 Å². The van der Waals surface area contributed by atoms with E-state index < -0.39 is 47.1 Å². The van der Waals surface area contributed by atoms with Crippen LogP contribution in [0.5, 0.6) is 0 Å². The number of hydrogen-bond donors (Lipinski definition) is 2. The fourth-order valence-electron chi connectivity index (χ4n) is 5.26. The number of ether oxygens (including phenoxy) is 1. The SMILES string of the molecule is O=C(N[C@H]1CC[C@@H]1C(=O)N[C@@](Cc1ccccc1)(c1cc(F)cc(C(F)(F)F)c1)c1ccc(Cl)cn1)OCc1ccccc1. The number of carbonyl (C=O) groups is 2. The molecule has 3 aromatic carbocycles. The monoisotopic (exact) mass is 625 g/mol. The van der Waals surface area contributed by atoms with Crippen LogP contribution in [0.4, 0.5) is 22.4 Å². The normalized spacial score (nSPS) is 17.6. The molecule has 2 N–H and O–H groups in total. The van der Waals surface area contributed by atoms with Crippen LogP contribution >= 0.6 is 11.6 Å². The molecule has 0 spiro atoms. The second kappa shape index (κ2) is 13.1. The minimum absolute atomic E-state index is 0.0415. The van der Waals surface area contributed by atoms with Crippen molar-refractivity contribution in [3.8, 4) is 0 Å². The van der Waals surface area contributed by atoms with Crippen LogP contribution < -0.4 is 10.6 Å². The number of nitrogens with zero attached hydrogens (tertiary/aromatic N) is 1. The molecular weight excluding hydrogens is 598 g/mol. The van der Waals surface area contributed by atoms with E-state index in [9.17, 15) is 27.2 Å². The van der Waals surface area contributed by atoms with Crippen molar-refractivity contribution in [3.63, 3.8) is 0 Å². The Hall–Kier alpha value is -4.44. The van der Waals surface area contributed by atoms with Crippen molar-refractivity contribution in [1.29, 1.82) is 0 Å². The number of alkyl carbamates (subject to hydrolysis) is 1. The van der Waals surface area contributed by atoms with Gasteiger partial charge in [0.25, 0.3) is 0 Å². The lowest BCUT2D eigenvalue weighted by Gasteiger charge is -2.41. The van der Waals surface area contributed by atoms with Crippen molar-refractivity contribution < 1.29 is 31.9 Å². The van der Waals surface area contributed by atoms with Crippen LogP contribution in [0.25, 0.3) is 0 Å². The lowest BCUT2D eigenvalue weighted by molar-refractivity contribution is -0.137. The highest BCUT2D eigenvalue weighted by atomic mass is 35.5. The van der Waals surface area contributed by atoms with E-state index in [2.05, 4.69) is 15.6 Å². The summed E-state index contributed by atoms with van der Waals surface area (Å²) in [4.78, 5) is 30.8. The molecule has 4 aromatic rings. The van der Waals surface area contributed by atoms with Gasteiger partial charge in [-0.2, -0.15) is 13.2 Å². The Morgan fingerprint density at radius 3 is 2.14 bits per heavy atom. The first-order valence-corrected chi connectivity index (χ1v) is 14.2. The summed E-state index contributed by atoms with van der Waals surface area (Å²) < 4.78 is 61.8. The highest BCUT2D eigenvalue weighted by Gasteiger charge is 2.45. The summed E-state index contributed by atoms with van der Waals surface area (Å²) in [5.74, 6) is -2.40. The first-order chi connectivity index (χ1) is 21.0. The van der Waals surface area contributed by atoms with Crippen molar-refractivity contribution in [2.24, 2.45) is 5.92 Å². The summed E-state index contributed by atoms with van der Waals surface area (Å²) in [6.07, 6.45) is -3.41. The predicted molar refractivity (Wildman–Crippen MR) is 156 cm³/mol. The first kappa shape index (κ1) is 31.0. The molecule has 11 heteroatoms. The maximum Gasteiger partial charge on any atom is 0.416 e. The summed E-state index contributed by atoms with van der Waals surface area (Å²) in [7, 11) is 0. The Kier molecular flexibility index (Phi) is 9.20. The third kappa shape index (κ3) is 7.19. The molecule has 0 aliphatic heterocycles. The van der Waals surface area contributed by atoms with Gasteiger partial charge in [-0.1, -0.05) is 72.3 Å². The van der Waals surface area contributed by atoms with Crippen molar-refractivity contribution in [2.75, 3.05) is 0 Å². The molecule has 1 heterocycles. The molecule has 0 unspecified atom stereocenters. The molecule has 6 nitrogen and oxygen atoms in total. The topological polar surface area (TPSA) is 80.3 Å². The van der Waals surface area contributed by atoms with Gasteiger partial charge in [-0.3, -0.25) is 9.78 Å². The van der Waals surface area contributed by atoms with E-state index in [1.807, 2.05) is 18.2 Å². The smallest absolute Gasteiger partial charge is 0.416 e. The number of hydrogen-bond acceptors (Lipinski definition) is 4. The first-order valence-electron chi connectivity index (χ1n) is 13.9. The minimum Gasteiger partial charge on any atom is -0.445 e. The van der Waals surface area contributed by atoms with Crippen LogP contribution in [-0.2, 0) is 34.3 Å². The van der Waals surface area contributed by atoms with Crippen LogP contribution in [-0.4, -0.2) is 23.0 Å². The number of aromatic nitrogens is 1. The molecule has 2 amide bonds. The van der Waals surface area contributed by atoms with Gasteiger partial charge in [-0.15, -0.1) is 0 Å². The van der Waals surface area contributed by atoms with E-state index in [0.29, 0.717) is 24.5 Å². The number of halogens is 5. The van der Waals surface area contributed by atoms with Crippen LogP contribution in [0.2, 0.25) is 5.02 Å². The highest BCUT2D eigenvalue weighted by molar-refractivity contribution is 6.30. The number of carbonyl (C=O) groups excluding carboxylic acids is 2. The molecule has 1 fully saturated rings. The molecule has 1 aliphatic carbocycles. The van der Waals surface area contributed by atoms with E-state index in [1.54, 1.807) is 42.5 Å². The van der Waals surface area contributed by atoms with Crippen LogP contribution in [0.3, 0.4) is 0 Å². The zero-order valence-corrected chi connectivity index (χ0v) is 24.0. The average molecular weight is 626 g/mol. The quantitative estimate of drug-likeness (QED) is 0.193. The van der Waals surface area contributed by atoms with E-state index in [4.69, 9.17) is 16.3 Å². The van der Waals surface area contributed by atoms with Crippen LogP contribution in [0.15, 0.2) is 97.2 Å². The zero-order chi connectivity index (χ0) is 31.3. The molecule has 1 aliphatic rings. The summed E-state index contributed by atoms with van der Waals surface area (Å²) >= 11 is 6.09. The van der Waals surface area contributed by atoms with Crippen molar-refractivity contribution in [3.05, 3.63) is 136 Å². The van der Waals surface area contributed by atoms with Gasteiger partial charge >= 0.3 is 12.3 Å². The molecule has 0 saturated heterocycles. The average Bonchev–Trinajstić information content (AvgIpc) is 2.98. The second-order valence-corrected chi connectivity index (χ2v) is 11.1. The Balaban J connectivity index is 1.48. The molecule has 1 saturated carbocycles. The molecule has 5 rings (SSSR count). The number of rotatable bonds is 9. The van der Waals surface area contributed by atoms with Crippen LogP contribution in [0.1, 0.15) is 40.8 Å². The Labute approximate surface area is 256 Å². The summed E-state index contributed by atoms with van der Waals surface area (Å²) in [6, 6.07) is 22.4. The van der Waals surface area contributed by atoms with E-state index in [1.165, 1.54) is 18.3 Å². The number of amides is 2. The van der Waals surface area contributed by atoms with Crippen molar-refractivity contribution >= 4 is 23.6 Å². The Morgan fingerprint density at radius 2 is 1.55 bits per heavy atom. The fraction of sp³-hybridized carbons (Fsp3) is 0.242. The second-order valence-electron chi connectivity index (χ2n) is 10.6. The van der Waals surface area contributed by atoms with Crippen molar-refractivity contribution in [1.82, 2.24) is 15.6 Å². The standard InChI is InChI=1S/C33H28ClF4N3O3/c34-25-11-14-29(39-19-25)32(18-21-7-3-1-4-8-21,23-15-24(33(36,37)38)17-26(35)16-23)41-30(42)27-12-13-28(27)40-31(43)44-20-22-9-5-2-6-10-22/h1-11,14-17,19,27-28H,12-13,18,20H2,(H,40,43)(H,41,42)/t27-,28-,32-/m0/s1. The summed E-state index contributed by atoms with van der Waals surface area (Å²) in [5, 5.41) is 5.91. The maximum absolute atomic E-state index is 14.9. The molecule has 0 radical (unpaired) electrons. The lowest BCUT2D eigenvalue weighted by Crippen LogP contribution is -2.58. The van der Waals surface area contributed by atoms with E-state index >= 15 is 0 Å². The third-order valence-corrected chi connectivity index (χ3v) is 7.88. The molecular formula is C33H28ClF4N3O3. The van der Waals surface area contributed by atoms with Gasteiger partial charge in [-0.05, 0) is 59.9 Å². The van der Waals surface area contributed by atoms with Gasteiger partial charge in [0.1, 0.15) is 18.0 Å². The number of benzene rings is 3. The van der Waals surface area contributed by atoms with Gasteiger partial charge in [0, 0.05) is 18.7 Å². The molecule has 44 heavy (non-hydrogen) atoms.